The number of aromatic nitrogens is 2. The van der Waals surface area contributed by atoms with E-state index in [-0.39, 0.29) is 23.8 Å². The summed E-state index contributed by atoms with van der Waals surface area (Å²) >= 11 is 0. The Kier molecular flexibility index (Phi) is 4.76. The maximum Gasteiger partial charge on any atom is 0.255 e. The lowest BCUT2D eigenvalue weighted by atomic mass is 9.67. The van der Waals surface area contributed by atoms with Crippen molar-refractivity contribution in [2.45, 2.75) is 58.0 Å². The number of hydrogen-bond acceptors (Lipinski definition) is 3. The number of carbonyl (C=O) groups excluding carboxylic acids is 1. The maximum atomic E-state index is 13.2. The molecule has 2 fully saturated rings. The van der Waals surface area contributed by atoms with E-state index in [4.69, 9.17) is 5.73 Å². The molecule has 2 bridgehead atoms. The van der Waals surface area contributed by atoms with Gasteiger partial charge >= 0.3 is 0 Å². The van der Waals surface area contributed by atoms with Crippen LogP contribution in [-0.4, -0.2) is 27.8 Å². The highest BCUT2D eigenvalue weighted by Crippen LogP contribution is 2.39. The fourth-order valence-electron chi connectivity index (χ4n) is 5.05. The molecule has 2 atom stereocenters. The van der Waals surface area contributed by atoms with E-state index in [1.54, 1.807) is 16.8 Å². The fraction of sp³-hybridized carbons (Fsp3) is 0.524. The molecule has 3 N–H and O–H groups in total. The normalized spacial score (nSPS) is 27.4. The number of hydrogen-bond donors (Lipinski definition) is 2. The van der Waals surface area contributed by atoms with Crippen molar-refractivity contribution >= 4 is 5.91 Å². The first-order valence-corrected chi connectivity index (χ1v) is 9.82. The Morgan fingerprint density at radius 2 is 1.81 bits per heavy atom. The van der Waals surface area contributed by atoms with E-state index in [1.807, 2.05) is 13.8 Å². The maximum absolute atomic E-state index is 13.2. The zero-order chi connectivity index (χ0) is 19.1. The van der Waals surface area contributed by atoms with Crippen molar-refractivity contribution in [1.29, 1.82) is 0 Å². The van der Waals surface area contributed by atoms with Crippen LogP contribution in [0, 0.1) is 31.5 Å². The van der Waals surface area contributed by atoms with Crippen molar-refractivity contribution in [2.24, 2.45) is 17.6 Å². The highest BCUT2D eigenvalue weighted by atomic mass is 19.1. The third-order valence-corrected chi connectivity index (χ3v) is 6.26. The van der Waals surface area contributed by atoms with Crippen LogP contribution in [0.4, 0.5) is 4.39 Å². The minimum absolute atomic E-state index is 0.0595. The quantitative estimate of drug-likeness (QED) is 0.871. The van der Waals surface area contributed by atoms with Gasteiger partial charge in [0, 0.05) is 12.1 Å². The average molecular weight is 370 g/mol. The number of rotatable bonds is 3. The Bertz CT molecular complexity index is 831. The van der Waals surface area contributed by atoms with E-state index >= 15 is 0 Å². The van der Waals surface area contributed by atoms with E-state index in [2.05, 4.69) is 10.4 Å². The molecule has 2 aromatic rings. The summed E-state index contributed by atoms with van der Waals surface area (Å²) in [6, 6.07) is 6.61. The van der Waals surface area contributed by atoms with Crippen LogP contribution in [-0.2, 0) is 0 Å². The van der Waals surface area contributed by atoms with Crippen LogP contribution in [0.3, 0.4) is 0 Å². The Morgan fingerprint density at radius 3 is 2.44 bits per heavy atom. The van der Waals surface area contributed by atoms with Crippen LogP contribution in [0.2, 0.25) is 0 Å². The first-order chi connectivity index (χ1) is 12.9. The standard InChI is InChI=1S/C21H27FN4O/c1-12-19(13(2)26(25-12)18-8-6-16(22)7-9-18)21(27)24-20-14-4-3-5-15(20)11-17(23)10-14/h6-9,14-15,17,20H,3-5,10-11,23H2,1-2H3,(H,24,27). The smallest absolute Gasteiger partial charge is 0.255 e. The van der Waals surface area contributed by atoms with Gasteiger partial charge in [-0.1, -0.05) is 6.42 Å². The topological polar surface area (TPSA) is 72.9 Å². The van der Waals surface area contributed by atoms with Gasteiger partial charge in [-0.3, -0.25) is 4.79 Å². The molecule has 1 heterocycles. The van der Waals surface area contributed by atoms with Gasteiger partial charge in [-0.15, -0.1) is 0 Å². The minimum Gasteiger partial charge on any atom is -0.349 e. The molecule has 0 spiro atoms. The number of nitrogens with one attached hydrogen (secondary N) is 1. The van der Waals surface area contributed by atoms with Crippen LogP contribution < -0.4 is 11.1 Å². The van der Waals surface area contributed by atoms with Crippen LogP contribution >= 0.6 is 0 Å². The lowest BCUT2D eigenvalue weighted by molar-refractivity contribution is 0.0755. The van der Waals surface area contributed by atoms with Crippen molar-refractivity contribution in [2.75, 3.05) is 0 Å². The fourth-order valence-corrected chi connectivity index (χ4v) is 5.05. The van der Waals surface area contributed by atoms with E-state index in [1.165, 1.54) is 18.6 Å². The molecule has 0 aliphatic heterocycles. The number of carbonyl (C=O) groups is 1. The van der Waals surface area contributed by atoms with Crippen molar-refractivity contribution < 1.29 is 9.18 Å². The number of halogens is 1. The van der Waals surface area contributed by atoms with E-state index in [9.17, 15) is 9.18 Å². The molecule has 144 valence electrons. The molecular formula is C21H27FN4O. The second-order valence-corrected chi connectivity index (χ2v) is 8.12. The zero-order valence-corrected chi connectivity index (χ0v) is 15.9. The molecule has 0 radical (unpaired) electrons. The van der Waals surface area contributed by atoms with E-state index < -0.39 is 0 Å². The van der Waals surface area contributed by atoms with Gasteiger partial charge in [0.25, 0.3) is 5.91 Å². The summed E-state index contributed by atoms with van der Waals surface area (Å²) in [5.41, 5.74) is 9.03. The molecule has 2 unspecified atom stereocenters. The lowest BCUT2D eigenvalue weighted by Crippen LogP contribution is -2.53. The summed E-state index contributed by atoms with van der Waals surface area (Å²) < 4.78 is 14.9. The van der Waals surface area contributed by atoms with Crippen molar-refractivity contribution in [1.82, 2.24) is 15.1 Å². The number of aryl methyl sites for hydroxylation is 1. The molecular weight excluding hydrogens is 343 g/mol. The highest BCUT2D eigenvalue weighted by Gasteiger charge is 2.40. The van der Waals surface area contributed by atoms with E-state index in [0.29, 0.717) is 23.1 Å². The molecule has 1 aromatic carbocycles. The van der Waals surface area contributed by atoms with Gasteiger partial charge in [-0.05, 0) is 75.6 Å². The second kappa shape index (κ2) is 7.08. The van der Waals surface area contributed by atoms with Crippen molar-refractivity contribution in [3.05, 3.63) is 47.0 Å². The third-order valence-electron chi connectivity index (χ3n) is 6.26. The van der Waals surface area contributed by atoms with Crippen LogP contribution in [0.1, 0.15) is 53.8 Å². The van der Waals surface area contributed by atoms with Gasteiger partial charge in [0.05, 0.1) is 22.6 Å². The second-order valence-electron chi connectivity index (χ2n) is 8.12. The Hall–Kier alpha value is -2.21. The molecule has 6 heteroatoms. The van der Waals surface area contributed by atoms with Gasteiger partial charge in [0.2, 0.25) is 0 Å². The van der Waals surface area contributed by atoms with Crippen LogP contribution in [0.15, 0.2) is 24.3 Å². The highest BCUT2D eigenvalue weighted by molar-refractivity contribution is 5.96. The van der Waals surface area contributed by atoms with Crippen molar-refractivity contribution in [3.63, 3.8) is 0 Å². The number of benzene rings is 1. The molecule has 2 saturated carbocycles. The summed E-state index contributed by atoms with van der Waals surface area (Å²) in [5, 5.41) is 7.83. The molecule has 0 saturated heterocycles. The molecule has 1 aromatic heterocycles. The molecule has 5 nitrogen and oxygen atoms in total. The lowest BCUT2D eigenvalue weighted by Gasteiger charge is -2.45. The Balaban J connectivity index is 1.58. The minimum atomic E-state index is -0.291. The first kappa shape index (κ1) is 18.2. The summed E-state index contributed by atoms with van der Waals surface area (Å²) in [6.07, 6.45) is 5.50. The molecule has 2 aliphatic carbocycles. The van der Waals surface area contributed by atoms with Gasteiger partial charge in [0.15, 0.2) is 0 Å². The number of amides is 1. The summed E-state index contributed by atoms with van der Waals surface area (Å²) in [4.78, 5) is 13.1. The molecule has 27 heavy (non-hydrogen) atoms. The molecule has 4 rings (SSSR count). The van der Waals surface area contributed by atoms with Gasteiger partial charge < -0.3 is 11.1 Å². The zero-order valence-electron chi connectivity index (χ0n) is 15.9. The third kappa shape index (κ3) is 3.38. The summed E-state index contributed by atoms with van der Waals surface area (Å²) in [6.45, 7) is 3.73. The number of fused-ring (bicyclic) bond motifs is 2. The molecule has 1 amide bonds. The van der Waals surface area contributed by atoms with E-state index in [0.717, 1.165) is 37.1 Å². The Labute approximate surface area is 159 Å². The summed E-state index contributed by atoms with van der Waals surface area (Å²) in [5.74, 6) is 0.601. The number of nitrogens with zero attached hydrogens (tertiary/aromatic N) is 2. The summed E-state index contributed by atoms with van der Waals surface area (Å²) in [7, 11) is 0. The average Bonchev–Trinajstić information content (AvgIpc) is 2.91. The van der Waals surface area contributed by atoms with Crippen LogP contribution in [0.25, 0.3) is 5.69 Å². The predicted octanol–water partition coefficient (Wildman–Crippen LogP) is 3.26. The molecule has 2 aliphatic rings. The van der Waals surface area contributed by atoms with Gasteiger partial charge in [-0.2, -0.15) is 5.10 Å². The van der Waals surface area contributed by atoms with Gasteiger partial charge in [-0.25, -0.2) is 9.07 Å². The monoisotopic (exact) mass is 370 g/mol. The largest absolute Gasteiger partial charge is 0.349 e. The number of nitrogens with two attached hydrogens (primary N) is 1. The SMILES string of the molecule is Cc1nn(-c2ccc(F)cc2)c(C)c1C(=O)NC1C2CCCC1CC(N)C2. The predicted molar refractivity (Wildman–Crippen MR) is 102 cm³/mol. The first-order valence-electron chi connectivity index (χ1n) is 9.82. The van der Waals surface area contributed by atoms with Gasteiger partial charge in [0.1, 0.15) is 5.82 Å². The van der Waals surface area contributed by atoms with Crippen molar-refractivity contribution in [3.8, 4) is 5.69 Å². The van der Waals surface area contributed by atoms with Crippen LogP contribution in [0.5, 0.6) is 0 Å². The Morgan fingerprint density at radius 1 is 1.19 bits per heavy atom.